The van der Waals surface area contributed by atoms with E-state index in [9.17, 15) is 14.4 Å². The molecule has 2 heterocycles. The fourth-order valence-corrected chi connectivity index (χ4v) is 3.97. The summed E-state index contributed by atoms with van der Waals surface area (Å²) in [5.74, 6) is 0.466. The maximum Gasteiger partial charge on any atom is 0.325 e. The van der Waals surface area contributed by atoms with Crippen LogP contribution in [0.3, 0.4) is 0 Å². The lowest BCUT2D eigenvalue weighted by molar-refractivity contribution is -0.139. The Kier molecular flexibility index (Phi) is 6.06. The van der Waals surface area contributed by atoms with Crippen LogP contribution in [-0.2, 0) is 20.9 Å². The molecule has 1 spiro atoms. The predicted molar refractivity (Wildman–Crippen MR) is 102 cm³/mol. The van der Waals surface area contributed by atoms with Crippen LogP contribution >= 0.6 is 0 Å². The number of likely N-dealkylation sites (tertiary alicyclic amines) is 2. The molecule has 1 aromatic rings. The number of nitrogens with one attached hydrogen (secondary N) is 1. The van der Waals surface area contributed by atoms with E-state index in [1.54, 1.807) is 12.0 Å². The van der Waals surface area contributed by atoms with E-state index in [1.165, 1.54) is 7.11 Å². The van der Waals surface area contributed by atoms with E-state index in [-0.39, 0.29) is 23.9 Å². The highest BCUT2D eigenvalue weighted by Crippen LogP contribution is 2.41. The summed E-state index contributed by atoms with van der Waals surface area (Å²) in [6.07, 6.45) is 2.08. The predicted octanol–water partition coefficient (Wildman–Crippen LogP) is 1.39. The van der Waals surface area contributed by atoms with Crippen molar-refractivity contribution in [1.29, 1.82) is 0 Å². The number of ether oxygens (including phenoxy) is 2. The number of urea groups is 1. The van der Waals surface area contributed by atoms with Gasteiger partial charge in [0.25, 0.3) is 0 Å². The van der Waals surface area contributed by atoms with Crippen LogP contribution in [-0.4, -0.2) is 68.1 Å². The first-order valence-electron chi connectivity index (χ1n) is 9.45. The molecule has 2 aliphatic rings. The molecule has 2 fully saturated rings. The highest BCUT2D eigenvalue weighted by Gasteiger charge is 2.45. The smallest absolute Gasteiger partial charge is 0.325 e. The lowest BCUT2D eigenvalue weighted by Gasteiger charge is -2.38. The van der Waals surface area contributed by atoms with E-state index in [2.05, 4.69) is 10.1 Å². The van der Waals surface area contributed by atoms with Crippen LogP contribution in [0.2, 0.25) is 0 Å². The molecule has 3 amide bonds. The molecule has 0 saturated carbocycles. The highest BCUT2D eigenvalue weighted by molar-refractivity contribution is 5.81. The van der Waals surface area contributed by atoms with Crippen LogP contribution in [0.15, 0.2) is 24.3 Å². The third-order valence-corrected chi connectivity index (χ3v) is 5.64. The Bertz CT molecular complexity index is 743. The summed E-state index contributed by atoms with van der Waals surface area (Å²) in [7, 11) is 2.91. The van der Waals surface area contributed by atoms with Gasteiger partial charge in [-0.25, -0.2) is 4.79 Å². The summed E-state index contributed by atoms with van der Waals surface area (Å²) in [6, 6.07) is 7.49. The monoisotopic (exact) mass is 389 g/mol. The topological polar surface area (TPSA) is 88.2 Å². The van der Waals surface area contributed by atoms with E-state index in [1.807, 2.05) is 29.2 Å². The van der Waals surface area contributed by atoms with Gasteiger partial charge in [-0.3, -0.25) is 9.59 Å². The van der Waals surface area contributed by atoms with E-state index < -0.39 is 5.97 Å². The number of benzene rings is 1. The SMILES string of the molecule is COC(=O)CNC(=O)N1CCC2(CC1)CC(=O)N(Cc1cccc(OC)c1)C2. The molecule has 0 bridgehead atoms. The summed E-state index contributed by atoms with van der Waals surface area (Å²) in [5.41, 5.74) is 0.971. The number of methoxy groups -OCH3 is 2. The van der Waals surface area contributed by atoms with Crippen molar-refractivity contribution < 1.29 is 23.9 Å². The molecular weight excluding hydrogens is 362 g/mol. The molecular formula is C20H27N3O5. The second-order valence-electron chi connectivity index (χ2n) is 7.50. The normalized spacial score (nSPS) is 18.3. The Morgan fingerprint density at radius 3 is 2.64 bits per heavy atom. The molecule has 0 unspecified atom stereocenters. The quantitative estimate of drug-likeness (QED) is 0.769. The molecule has 28 heavy (non-hydrogen) atoms. The first-order valence-corrected chi connectivity index (χ1v) is 9.45. The van der Waals surface area contributed by atoms with Crippen molar-refractivity contribution in [2.24, 2.45) is 5.41 Å². The average molecular weight is 389 g/mol. The first kappa shape index (κ1) is 20.0. The Balaban J connectivity index is 1.53. The fourth-order valence-electron chi connectivity index (χ4n) is 3.97. The molecule has 8 heteroatoms. The van der Waals surface area contributed by atoms with Gasteiger partial charge < -0.3 is 24.6 Å². The van der Waals surface area contributed by atoms with E-state index >= 15 is 0 Å². The van der Waals surface area contributed by atoms with Crippen molar-refractivity contribution in [3.63, 3.8) is 0 Å². The zero-order valence-corrected chi connectivity index (χ0v) is 16.4. The molecule has 8 nitrogen and oxygen atoms in total. The number of carbonyl (C=O) groups is 3. The van der Waals surface area contributed by atoms with Gasteiger partial charge >= 0.3 is 12.0 Å². The lowest BCUT2D eigenvalue weighted by Crippen LogP contribution is -2.49. The van der Waals surface area contributed by atoms with Crippen LogP contribution in [0.5, 0.6) is 5.75 Å². The summed E-state index contributed by atoms with van der Waals surface area (Å²) in [5, 5.41) is 2.57. The Labute approximate surface area is 164 Å². The van der Waals surface area contributed by atoms with Gasteiger partial charge in [0.05, 0.1) is 14.2 Å². The average Bonchev–Trinajstić information content (AvgIpc) is 3.00. The summed E-state index contributed by atoms with van der Waals surface area (Å²) in [6.45, 7) is 2.30. The standard InChI is InChI=1S/C20H27N3O5/c1-27-16-5-3-4-15(10-16)13-23-14-20(11-17(23)24)6-8-22(9-7-20)19(26)21-12-18(25)28-2/h3-5,10H,6-9,11-14H2,1-2H3,(H,21,26). The van der Waals surface area contributed by atoms with Crippen molar-refractivity contribution >= 4 is 17.9 Å². The second kappa shape index (κ2) is 8.50. The zero-order chi connectivity index (χ0) is 20.1. The number of esters is 1. The van der Waals surface area contributed by atoms with Crippen molar-refractivity contribution in [3.8, 4) is 5.75 Å². The minimum Gasteiger partial charge on any atom is -0.497 e. The third kappa shape index (κ3) is 4.55. The van der Waals surface area contributed by atoms with Crippen molar-refractivity contribution in [2.75, 3.05) is 40.4 Å². The van der Waals surface area contributed by atoms with Gasteiger partial charge in [0.15, 0.2) is 0 Å². The van der Waals surface area contributed by atoms with Gasteiger partial charge in [0.2, 0.25) is 5.91 Å². The van der Waals surface area contributed by atoms with E-state index in [0.29, 0.717) is 32.6 Å². The molecule has 2 aliphatic heterocycles. The molecule has 0 atom stereocenters. The van der Waals surface area contributed by atoms with Gasteiger partial charge in [0, 0.05) is 38.0 Å². The second-order valence-corrected chi connectivity index (χ2v) is 7.50. The molecule has 0 radical (unpaired) electrons. The summed E-state index contributed by atoms with van der Waals surface area (Å²) >= 11 is 0. The fraction of sp³-hybridized carbons (Fsp3) is 0.550. The van der Waals surface area contributed by atoms with Gasteiger partial charge in [-0.1, -0.05) is 12.1 Å². The molecule has 3 rings (SSSR count). The molecule has 1 aromatic carbocycles. The van der Waals surface area contributed by atoms with Crippen molar-refractivity contribution in [1.82, 2.24) is 15.1 Å². The van der Waals surface area contributed by atoms with E-state index in [0.717, 1.165) is 24.2 Å². The van der Waals surface area contributed by atoms with Gasteiger partial charge in [-0.05, 0) is 30.5 Å². The third-order valence-electron chi connectivity index (χ3n) is 5.64. The number of carbonyl (C=O) groups excluding carboxylic acids is 3. The minimum atomic E-state index is -0.476. The number of nitrogens with zero attached hydrogens (tertiary/aromatic N) is 2. The minimum absolute atomic E-state index is 0.0743. The zero-order valence-electron chi connectivity index (χ0n) is 16.4. The van der Waals surface area contributed by atoms with Crippen LogP contribution in [0, 0.1) is 5.41 Å². The van der Waals surface area contributed by atoms with Crippen LogP contribution in [0.4, 0.5) is 4.79 Å². The molecule has 0 aromatic heterocycles. The summed E-state index contributed by atoms with van der Waals surface area (Å²) < 4.78 is 9.78. The number of piperidine rings is 1. The molecule has 1 N–H and O–H groups in total. The number of hydrogen-bond donors (Lipinski definition) is 1. The Hall–Kier alpha value is -2.77. The van der Waals surface area contributed by atoms with Crippen LogP contribution < -0.4 is 10.1 Å². The van der Waals surface area contributed by atoms with Crippen LogP contribution in [0.1, 0.15) is 24.8 Å². The van der Waals surface area contributed by atoms with Crippen LogP contribution in [0.25, 0.3) is 0 Å². The number of rotatable bonds is 5. The molecule has 2 saturated heterocycles. The van der Waals surface area contributed by atoms with Crippen molar-refractivity contribution in [3.05, 3.63) is 29.8 Å². The molecule has 152 valence electrons. The Morgan fingerprint density at radius 1 is 1.21 bits per heavy atom. The maximum absolute atomic E-state index is 12.6. The largest absolute Gasteiger partial charge is 0.497 e. The van der Waals surface area contributed by atoms with Crippen molar-refractivity contribution in [2.45, 2.75) is 25.8 Å². The first-order chi connectivity index (χ1) is 13.4. The number of amides is 3. The lowest BCUT2D eigenvalue weighted by atomic mass is 9.77. The Morgan fingerprint density at radius 2 is 1.96 bits per heavy atom. The number of hydrogen-bond acceptors (Lipinski definition) is 5. The van der Waals surface area contributed by atoms with Gasteiger partial charge in [0.1, 0.15) is 12.3 Å². The summed E-state index contributed by atoms with van der Waals surface area (Å²) in [4.78, 5) is 39.5. The maximum atomic E-state index is 12.6. The van der Waals surface area contributed by atoms with E-state index in [4.69, 9.17) is 4.74 Å². The van der Waals surface area contributed by atoms with Gasteiger partial charge in [-0.15, -0.1) is 0 Å². The van der Waals surface area contributed by atoms with Gasteiger partial charge in [-0.2, -0.15) is 0 Å². The highest BCUT2D eigenvalue weighted by atomic mass is 16.5. The molecule has 0 aliphatic carbocycles.